The van der Waals surface area contributed by atoms with E-state index in [0.29, 0.717) is 19.5 Å². The van der Waals surface area contributed by atoms with Crippen molar-refractivity contribution in [1.29, 1.82) is 0 Å². The number of hydrogen-bond acceptors (Lipinski definition) is 4. The molecule has 2 aliphatic rings. The lowest BCUT2D eigenvalue weighted by atomic mass is 9.65. The first-order valence-corrected chi connectivity index (χ1v) is 8.66. The van der Waals surface area contributed by atoms with E-state index in [0.717, 1.165) is 12.8 Å². The molecule has 0 aromatic heterocycles. The number of nitrogens with zero attached hydrogens (tertiary/aromatic N) is 1. The van der Waals surface area contributed by atoms with Gasteiger partial charge in [-0.2, -0.15) is 17.4 Å². The highest BCUT2D eigenvalue weighted by atomic mass is 32.2. The molecular formula is C13H26N2O4S. The van der Waals surface area contributed by atoms with Gasteiger partial charge < -0.3 is 9.84 Å². The molecule has 1 heterocycles. The Kier molecular flexibility index (Phi) is 4.76. The minimum Gasteiger partial charge on any atom is -0.396 e. The molecule has 0 amide bonds. The third-order valence-electron chi connectivity index (χ3n) is 4.83. The van der Waals surface area contributed by atoms with Crippen molar-refractivity contribution < 1.29 is 18.3 Å². The molecule has 0 spiro atoms. The molecular weight excluding hydrogens is 280 g/mol. The minimum absolute atomic E-state index is 0.0483. The Bertz CT molecular complexity index is 438. The van der Waals surface area contributed by atoms with Crippen molar-refractivity contribution in [3.8, 4) is 0 Å². The molecule has 2 fully saturated rings. The summed E-state index contributed by atoms with van der Waals surface area (Å²) in [6.45, 7) is 5.03. The van der Waals surface area contributed by atoms with Gasteiger partial charge in [0.15, 0.2) is 0 Å². The molecule has 1 aliphatic heterocycles. The van der Waals surface area contributed by atoms with E-state index in [1.54, 1.807) is 7.11 Å². The molecule has 0 radical (unpaired) electrons. The van der Waals surface area contributed by atoms with Crippen LogP contribution in [0, 0.1) is 11.3 Å². The SMILES string of the molecule is COC1CC(NS(=O)(=O)N2CCCC(CO)C2)C1(C)C. The van der Waals surface area contributed by atoms with Crippen molar-refractivity contribution in [2.45, 2.75) is 45.3 Å². The number of methoxy groups -OCH3 is 1. The van der Waals surface area contributed by atoms with E-state index in [-0.39, 0.29) is 30.1 Å². The molecule has 3 unspecified atom stereocenters. The van der Waals surface area contributed by atoms with Crippen molar-refractivity contribution in [1.82, 2.24) is 9.03 Å². The summed E-state index contributed by atoms with van der Waals surface area (Å²) in [4.78, 5) is 0. The number of aliphatic hydroxyl groups is 1. The van der Waals surface area contributed by atoms with Gasteiger partial charge in [0.1, 0.15) is 0 Å². The normalized spacial score (nSPS) is 34.7. The summed E-state index contributed by atoms with van der Waals surface area (Å²) in [6.07, 6.45) is 2.51. The lowest BCUT2D eigenvalue weighted by Gasteiger charge is -2.51. The van der Waals surface area contributed by atoms with Crippen LogP contribution < -0.4 is 4.72 Å². The molecule has 1 saturated carbocycles. The Hall–Kier alpha value is -0.210. The fourth-order valence-corrected chi connectivity index (χ4v) is 4.82. The maximum atomic E-state index is 12.4. The van der Waals surface area contributed by atoms with Crippen molar-refractivity contribution in [3.05, 3.63) is 0 Å². The Labute approximate surface area is 121 Å². The second kappa shape index (κ2) is 5.88. The summed E-state index contributed by atoms with van der Waals surface area (Å²) in [5.74, 6) is 0.0569. The van der Waals surface area contributed by atoms with Crippen LogP contribution in [0.25, 0.3) is 0 Å². The quantitative estimate of drug-likeness (QED) is 0.768. The van der Waals surface area contributed by atoms with Crippen LogP contribution in [0.2, 0.25) is 0 Å². The topological polar surface area (TPSA) is 78.9 Å². The predicted octanol–water partition coefficient (Wildman–Crippen LogP) is 0.339. The van der Waals surface area contributed by atoms with Crippen molar-refractivity contribution in [3.63, 3.8) is 0 Å². The van der Waals surface area contributed by atoms with Gasteiger partial charge in [0.2, 0.25) is 0 Å². The first kappa shape index (κ1) is 16.2. The lowest BCUT2D eigenvalue weighted by molar-refractivity contribution is -0.0912. The second-order valence-electron chi connectivity index (χ2n) is 6.51. The van der Waals surface area contributed by atoms with Crippen LogP contribution in [0.5, 0.6) is 0 Å². The predicted molar refractivity (Wildman–Crippen MR) is 76.4 cm³/mol. The average molecular weight is 306 g/mol. The smallest absolute Gasteiger partial charge is 0.279 e. The summed E-state index contributed by atoms with van der Waals surface area (Å²) in [7, 11) is -1.81. The van der Waals surface area contributed by atoms with Gasteiger partial charge in [0.25, 0.3) is 10.2 Å². The van der Waals surface area contributed by atoms with Gasteiger partial charge in [0, 0.05) is 38.3 Å². The standard InChI is InChI=1S/C13H26N2O4S/c1-13(2)11(7-12(13)19-3)14-20(17,18)15-6-4-5-10(8-15)9-16/h10-12,14,16H,4-9H2,1-3H3. The average Bonchev–Trinajstić information content (AvgIpc) is 2.43. The van der Waals surface area contributed by atoms with Crippen LogP contribution in [0.1, 0.15) is 33.1 Å². The highest BCUT2D eigenvalue weighted by Crippen LogP contribution is 2.42. The fourth-order valence-electron chi connectivity index (χ4n) is 3.13. The number of rotatable bonds is 5. The van der Waals surface area contributed by atoms with Crippen LogP contribution >= 0.6 is 0 Å². The minimum atomic E-state index is -3.47. The van der Waals surface area contributed by atoms with Crippen LogP contribution in [-0.2, 0) is 14.9 Å². The molecule has 7 heteroatoms. The largest absolute Gasteiger partial charge is 0.396 e. The van der Waals surface area contributed by atoms with E-state index in [1.165, 1.54) is 4.31 Å². The lowest BCUT2D eigenvalue weighted by Crippen LogP contribution is -2.63. The Morgan fingerprint density at radius 3 is 2.70 bits per heavy atom. The molecule has 0 aromatic rings. The number of piperidine rings is 1. The Morgan fingerprint density at radius 2 is 2.15 bits per heavy atom. The molecule has 118 valence electrons. The summed E-state index contributed by atoms with van der Waals surface area (Å²) in [5, 5.41) is 9.21. The number of aliphatic hydroxyl groups excluding tert-OH is 1. The highest BCUT2D eigenvalue weighted by Gasteiger charge is 2.50. The molecule has 6 nitrogen and oxygen atoms in total. The molecule has 2 rings (SSSR count). The molecule has 3 atom stereocenters. The van der Waals surface area contributed by atoms with Gasteiger partial charge in [-0.05, 0) is 25.2 Å². The van der Waals surface area contributed by atoms with Crippen LogP contribution in [-0.4, -0.2) is 56.8 Å². The zero-order valence-electron chi connectivity index (χ0n) is 12.5. The van der Waals surface area contributed by atoms with Crippen LogP contribution in [0.15, 0.2) is 0 Å². The maximum absolute atomic E-state index is 12.4. The zero-order chi connectivity index (χ0) is 15.0. The maximum Gasteiger partial charge on any atom is 0.279 e. The van der Waals surface area contributed by atoms with Crippen molar-refractivity contribution in [2.75, 3.05) is 26.8 Å². The first-order valence-electron chi connectivity index (χ1n) is 7.22. The summed E-state index contributed by atoms with van der Waals surface area (Å²) in [6, 6.07) is -0.0908. The van der Waals surface area contributed by atoms with Gasteiger partial charge in [0.05, 0.1) is 6.10 Å². The number of nitrogens with one attached hydrogen (secondary N) is 1. The Balaban J connectivity index is 1.98. The number of hydrogen-bond donors (Lipinski definition) is 2. The molecule has 0 bridgehead atoms. The van der Waals surface area contributed by atoms with E-state index in [2.05, 4.69) is 4.72 Å². The monoisotopic (exact) mass is 306 g/mol. The third-order valence-corrected chi connectivity index (χ3v) is 6.43. The molecule has 1 saturated heterocycles. The third kappa shape index (κ3) is 3.01. The number of ether oxygens (including phenoxy) is 1. The molecule has 0 aromatic carbocycles. The fraction of sp³-hybridized carbons (Fsp3) is 1.00. The van der Waals surface area contributed by atoms with Gasteiger partial charge >= 0.3 is 0 Å². The van der Waals surface area contributed by atoms with Crippen LogP contribution in [0.3, 0.4) is 0 Å². The van der Waals surface area contributed by atoms with Crippen molar-refractivity contribution >= 4 is 10.2 Å². The van der Waals surface area contributed by atoms with E-state index >= 15 is 0 Å². The molecule has 1 aliphatic carbocycles. The first-order chi connectivity index (χ1) is 9.31. The van der Waals surface area contributed by atoms with Gasteiger partial charge in [-0.15, -0.1) is 0 Å². The van der Waals surface area contributed by atoms with E-state index < -0.39 is 10.2 Å². The highest BCUT2D eigenvalue weighted by molar-refractivity contribution is 7.87. The van der Waals surface area contributed by atoms with E-state index in [1.807, 2.05) is 13.8 Å². The second-order valence-corrected chi connectivity index (χ2v) is 8.21. The van der Waals surface area contributed by atoms with Gasteiger partial charge in [-0.25, -0.2) is 0 Å². The summed E-state index contributed by atoms with van der Waals surface area (Å²) < 4.78 is 34.5. The van der Waals surface area contributed by atoms with Crippen molar-refractivity contribution in [2.24, 2.45) is 11.3 Å². The Morgan fingerprint density at radius 1 is 1.45 bits per heavy atom. The molecule has 20 heavy (non-hydrogen) atoms. The van der Waals surface area contributed by atoms with E-state index in [4.69, 9.17) is 4.74 Å². The summed E-state index contributed by atoms with van der Waals surface area (Å²) in [5.41, 5.74) is -0.187. The van der Waals surface area contributed by atoms with Gasteiger partial charge in [-0.1, -0.05) is 13.8 Å². The van der Waals surface area contributed by atoms with Crippen LogP contribution in [0.4, 0.5) is 0 Å². The van der Waals surface area contributed by atoms with Gasteiger partial charge in [-0.3, -0.25) is 0 Å². The summed E-state index contributed by atoms with van der Waals surface area (Å²) >= 11 is 0. The zero-order valence-corrected chi connectivity index (χ0v) is 13.3. The van der Waals surface area contributed by atoms with E-state index in [9.17, 15) is 13.5 Å². The molecule has 2 N–H and O–H groups in total.